The lowest BCUT2D eigenvalue weighted by molar-refractivity contribution is 0.0694. The number of nitrogens with two attached hydrogens (primary N) is 2. The van der Waals surface area contributed by atoms with E-state index in [4.69, 9.17) is 11.5 Å². The molecule has 5 rings (SSSR count). The summed E-state index contributed by atoms with van der Waals surface area (Å²) in [4.78, 5) is 34.5. The Balaban J connectivity index is 1.56. The number of aromatic nitrogens is 3. The fourth-order valence-corrected chi connectivity index (χ4v) is 4.73. The second kappa shape index (κ2) is 8.63. The van der Waals surface area contributed by atoms with Crippen LogP contribution in [-0.4, -0.2) is 32.2 Å². The van der Waals surface area contributed by atoms with E-state index < -0.39 is 17.2 Å². The summed E-state index contributed by atoms with van der Waals surface area (Å²) in [5.41, 5.74) is 14.9. The monoisotopic (exact) mass is 488 g/mol. The highest BCUT2D eigenvalue weighted by molar-refractivity contribution is 5.94. The van der Waals surface area contributed by atoms with Gasteiger partial charge in [-0.05, 0) is 55.7 Å². The molecule has 0 aliphatic carbocycles. The Morgan fingerprint density at radius 3 is 2.69 bits per heavy atom. The average Bonchev–Trinajstić information content (AvgIpc) is 3.22. The lowest BCUT2D eigenvalue weighted by atomic mass is 9.98. The van der Waals surface area contributed by atoms with Gasteiger partial charge in [0.2, 0.25) is 11.4 Å². The maximum atomic E-state index is 15.3. The van der Waals surface area contributed by atoms with Crippen LogP contribution in [0.2, 0.25) is 0 Å². The minimum atomic E-state index is -1.34. The summed E-state index contributed by atoms with van der Waals surface area (Å²) in [6, 6.07) is 8.36. The van der Waals surface area contributed by atoms with Crippen LogP contribution in [0.15, 0.2) is 47.5 Å². The molecule has 0 unspecified atom stereocenters. The van der Waals surface area contributed by atoms with Crippen LogP contribution >= 0.6 is 0 Å². The standard InChI is InChI=1S/C26H25FN6O3/c1-13(2)33-12-19(25(35)36)23(34)18-8-20(27)17(9-22(18)33)14-3-4-21-15(7-14)5-6-32(21)11-16-10-30-26(29)31-24(16)28/h3-4,7-10,12-13H,5-6,11H2,1-2H3,(H,35,36)(H4,28,29,30,31). The molecule has 0 amide bonds. The fraction of sp³-hybridized carbons (Fsp3) is 0.231. The number of carboxylic acid groups (broad SMARTS) is 1. The predicted molar refractivity (Wildman–Crippen MR) is 137 cm³/mol. The number of carbonyl (C=O) groups is 1. The van der Waals surface area contributed by atoms with Crippen LogP contribution in [0.5, 0.6) is 0 Å². The topological polar surface area (TPSA) is 140 Å². The van der Waals surface area contributed by atoms with E-state index in [1.165, 1.54) is 6.20 Å². The van der Waals surface area contributed by atoms with Gasteiger partial charge in [0, 0.05) is 53.7 Å². The molecule has 0 bridgehead atoms. The Labute approximate surface area is 205 Å². The van der Waals surface area contributed by atoms with Crippen molar-refractivity contribution < 1.29 is 14.3 Å². The van der Waals surface area contributed by atoms with Gasteiger partial charge in [-0.25, -0.2) is 14.2 Å². The molecule has 0 radical (unpaired) electrons. The second-order valence-electron chi connectivity index (χ2n) is 9.18. The van der Waals surface area contributed by atoms with Gasteiger partial charge in [0.05, 0.1) is 5.52 Å². The number of carboxylic acids is 1. The van der Waals surface area contributed by atoms with Crippen LogP contribution in [0.3, 0.4) is 0 Å². The van der Waals surface area contributed by atoms with Crippen molar-refractivity contribution in [3.05, 3.63) is 75.5 Å². The number of benzene rings is 2. The zero-order valence-corrected chi connectivity index (χ0v) is 19.8. The normalized spacial score (nSPS) is 12.9. The van der Waals surface area contributed by atoms with Crippen LogP contribution in [0, 0.1) is 5.82 Å². The predicted octanol–water partition coefficient (Wildman–Crippen LogP) is 3.60. The van der Waals surface area contributed by atoms with Crippen LogP contribution < -0.4 is 21.8 Å². The third-order valence-electron chi connectivity index (χ3n) is 6.57. The summed E-state index contributed by atoms with van der Waals surface area (Å²) in [6.45, 7) is 5.03. The highest BCUT2D eigenvalue weighted by Crippen LogP contribution is 2.35. The molecule has 4 aromatic rings. The molecule has 36 heavy (non-hydrogen) atoms. The first-order chi connectivity index (χ1) is 17.1. The summed E-state index contributed by atoms with van der Waals surface area (Å²) in [5, 5.41) is 9.48. The molecule has 2 aromatic heterocycles. The smallest absolute Gasteiger partial charge is 0.341 e. The van der Waals surface area contributed by atoms with Crippen molar-refractivity contribution in [3.63, 3.8) is 0 Å². The molecule has 0 fully saturated rings. The molecule has 9 nitrogen and oxygen atoms in total. The van der Waals surface area contributed by atoms with Crippen LogP contribution in [0.25, 0.3) is 22.0 Å². The van der Waals surface area contributed by atoms with E-state index in [2.05, 4.69) is 14.9 Å². The highest BCUT2D eigenvalue weighted by atomic mass is 19.1. The Bertz CT molecular complexity index is 1600. The van der Waals surface area contributed by atoms with Crippen molar-refractivity contribution in [1.82, 2.24) is 14.5 Å². The number of halogens is 1. The molecule has 0 spiro atoms. The molecule has 1 aliphatic heterocycles. The van der Waals surface area contributed by atoms with Crippen molar-refractivity contribution in [2.45, 2.75) is 32.9 Å². The molecule has 5 N–H and O–H groups in total. The van der Waals surface area contributed by atoms with E-state index in [9.17, 15) is 14.7 Å². The molecular formula is C26H25FN6O3. The molecule has 3 heterocycles. The van der Waals surface area contributed by atoms with Gasteiger partial charge in [-0.2, -0.15) is 4.98 Å². The third kappa shape index (κ3) is 3.90. The van der Waals surface area contributed by atoms with Crippen LogP contribution in [0.1, 0.15) is 41.4 Å². The van der Waals surface area contributed by atoms with Crippen LogP contribution in [0.4, 0.5) is 21.8 Å². The molecule has 0 saturated carbocycles. The lowest BCUT2D eigenvalue weighted by Gasteiger charge is -2.20. The number of anilines is 3. The third-order valence-corrected chi connectivity index (χ3v) is 6.57. The van der Waals surface area contributed by atoms with E-state index >= 15 is 4.39 Å². The van der Waals surface area contributed by atoms with Gasteiger partial charge >= 0.3 is 5.97 Å². The summed E-state index contributed by atoms with van der Waals surface area (Å²) >= 11 is 0. The molecule has 0 atom stereocenters. The maximum Gasteiger partial charge on any atom is 0.341 e. The van der Waals surface area contributed by atoms with Gasteiger partial charge in [0.1, 0.15) is 17.2 Å². The van der Waals surface area contributed by atoms with E-state index in [0.717, 1.165) is 35.8 Å². The molecule has 0 saturated heterocycles. The number of nitrogen functional groups attached to an aromatic ring is 2. The minimum Gasteiger partial charge on any atom is -0.477 e. The van der Waals surface area contributed by atoms with E-state index in [0.29, 0.717) is 29.0 Å². The van der Waals surface area contributed by atoms with Crippen molar-refractivity contribution in [1.29, 1.82) is 0 Å². The minimum absolute atomic E-state index is 0.0421. The van der Waals surface area contributed by atoms with Crippen molar-refractivity contribution in [2.24, 2.45) is 0 Å². The Kier molecular flexibility index (Phi) is 5.58. The first-order valence-corrected chi connectivity index (χ1v) is 11.5. The van der Waals surface area contributed by atoms with Crippen molar-refractivity contribution in [3.8, 4) is 11.1 Å². The van der Waals surface area contributed by atoms with Crippen LogP contribution in [-0.2, 0) is 13.0 Å². The molecular weight excluding hydrogens is 463 g/mol. The van der Waals surface area contributed by atoms with Gasteiger partial charge in [-0.15, -0.1) is 0 Å². The molecule has 184 valence electrons. The number of rotatable bonds is 5. The van der Waals surface area contributed by atoms with Gasteiger partial charge in [-0.3, -0.25) is 4.79 Å². The number of aromatic carboxylic acids is 1. The zero-order chi connectivity index (χ0) is 25.7. The fourth-order valence-electron chi connectivity index (χ4n) is 4.73. The molecule has 10 heteroatoms. The largest absolute Gasteiger partial charge is 0.477 e. The number of hydrogen-bond donors (Lipinski definition) is 3. The Morgan fingerprint density at radius 1 is 1.22 bits per heavy atom. The summed E-state index contributed by atoms with van der Waals surface area (Å²) in [6.07, 6.45) is 3.72. The quantitative estimate of drug-likeness (QED) is 0.387. The van der Waals surface area contributed by atoms with Gasteiger partial charge < -0.3 is 26.0 Å². The van der Waals surface area contributed by atoms with Gasteiger partial charge in [0.15, 0.2) is 0 Å². The number of fused-ring (bicyclic) bond motifs is 2. The zero-order valence-electron chi connectivity index (χ0n) is 19.8. The number of nitrogens with zero attached hydrogens (tertiary/aromatic N) is 4. The van der Waals surface area contributed by atoms with Gasteiger partial charge in [-0.1, -0.05) is 6.07 Å². The van der Waals surface area contributed by atoms with Gasteiger partial charge in [0.25, 0.3) is 0 Å². The van der Waals surface area contributed by atoms with Crippen molar-refractivity contribution in [2.75, 3.05) is 22.9 Å². The summed E-state index contributed by atoms with van der Waals surface area (Å²) in [7, 11) is 0. The second-order valence-corrected chi connectivity index (χ2v) is 9.18. The lowest BCUT2D eigenvalue weighted by Crippen LogP contribution is -2.21. The summed E-state index contributed by atoms with van der Waals surface area (Å²) < 4.78 is 17.0. The van der Waals surface area contributed by atoms with E-state index in [1.54, 1.807) is 16.8 Å². The first-order valence-electron chi connectivity index (χ1n) is 11.5. The SMILES string of the molecule is CC(C)n1cc(C(=O)O)c(=O)c2cc(F)c(-c3ccc4c(c3)CCN4Cc3cnc(N)nc3N)cc21. The number of hydrogen-bond acceptors (Lipinski definition) is 7. The summed E-state index contributed by atoms with van der Waals surface area (Å²) in [5.74, 6) is -1.45. The Morgan fingerprint density at radius 2 is 2.00 bits per heavy atom. The Hall–Kier alpha value is -4.47. The maximum absolute atomic E-state index is 15.3. The average molecular weight is 489 g/mol. The van der Waals surface area contributed by atoms with E-state index in [1.807, 2.05) is 32.0 Å². The van der Waals surface area contributed by atoms with Crippen molar-refractivity contribution >= 4 is 34.3 Å². The molecule has 2 aromatic carbocycles. The highest BCUT2D eigenvalue weighted by Gasteiger charge is 2.23. The van der Waals surface area contributed by atoms with E-state index in [-0.39, 0.29) is 22.9 Å². The molecule has 1 aliphatic rings. The number of pyridine rings is 1. The first kappa shape index (κ1) is 23.3.